The number of anilines is 2. The lowest BCUT2D eigenvalue weighted by Crippen LogP contribution is -2.30. The highest BCUT2D eigenvalue weighted by atomic mass is 16.5. The van der Waals surface area contributed by atoms with Crippen LogP contribution in [0.4, 0.5) is 11.6 Å². The number of fused-ring (bicyclic) bond motifs is 1. The van der Waals surface area contributed by atoms with Gasteiger partial charge in [-0.05, 0) is 24.3 Å². The molecule has 4 rings (SSSR count). The van der Waals surface area contributed by atoms with Gasteiger partial charge in [-0.15, -0.1) is 0 Å². The van der Waals surface area contributed by atoms with Crippen LogP contribution in [0.15, 0.2) is 48.8 Å². The first-order valence-corrected chi connectivity index (χ1v) is 8.88. The summed E-state index contributed by atoms with van der Waals surface area (Å²) in [6.45, 7) is 0. The molecule has 30 heavy (non-hydrogen) atoms. The number of amides is 2. The van der Waals surface area contributed by atoms with Gasteiger partial charge in [0.1, 0.15) is 17.2 Å². The second-order valence-electron chi connectivity index (χ2n) is 6.25. The first kappa shape index (κ1) is 19.0. The van der Waals surface area contributed by atoms with Crippen LogP contribution in [0.3, 0.4) is 0 Å². The van der Waals surface area contributed by atoms with Crippen molar-refractivity contribution >= 4 is 34.5 Å². The van der Waals surface area contributed by atoms with Crippen LogP contribution in [0, 0.1) is 0 Å². The average molecular weight is 406 g/mol. The molecule has 4 aromatic rings. The predicted octanol–water partition coefficient (Wildman–Crippen LogP) is 2.38. The zero-order valence-electron chi connectivity index (χ0n) is 16.2. The molecule has 2 amide bonds. The van der Waals surface area contributed by atoms with E-state index in [0.717, 1.165) is 5.52 Å². The van der Waals surface area contributed by atoms with E-state index in [4.69, 9.17) is 15.2 Å². The fourth-order valence-electron chi connectivity index (χ4n) is 3.09. The van der Waals surface area contributed by atoms with Crippen molar-refractivity contribution in [1.29, 1.82) is 0 Å². The van der Waals surface area contributed by atoms with E-state index >= 15 is 0 Å². The molecular weight excluding hydrogens is 388 g/mol. The highest BCUT2D eigenvalue weighted by molar-refractivity contribution is 6.14. The molecule has 0 spiro atoms. The zero-order chi connectivity index (χ0) is 21.3. The number of rotatable bonds is 6. The van der Waals surface area contributed by atoms with Gasteiger partial charge in [0.05, 0.1) is 37.3 Å². The van der Waals surface area contributed by atoms with Crippen LogP contribution in [0.1, 0.15) is 21.0 Å². The van der Waals surface area contributed by atoms with Crippen LogP contribution in [0.2, 0.25) is 0 Å². The number of aromatic amines is 2. The second kappa shape index (κ2) is 7.59. The number of carbonyl (C=O) groups is 2. The molecule has 0 radical (unpaired) electrons. The normalized spacial score (nSPS) is 10.7. The number of para-hydroxylation sites is 2. The molecular formula is C20H18N6O4. The second-order valence-corrected chi connectivity index (χ2v) is 6.25. The van der Waals surface area contributed by atoms with Gasteiger partial charge in [0.25, 0.3) is 11.8 Å². The Balaban J connectivity index is 1.95. The Morgan fingerprint density at radius 3 is 2.60 bits per heavy atom. The van der Waals surface area contributed by atoms with Gasteiger partial charge in [-0.25, -0.2) is 14.9 Å². The summed E-state index contributed by atoms with van der Waals surface area (Å²) >= 11 is 0. The van der Waals surface area contributed by atoms with Crippen molar-refractivity contribution in [3.63, 3.8) is 0 Å². The van der Waals surface area contributed by atoms with Gasteiger partial charge in [-0.2, -0.15) is 0 Å². The zero-order valence-corrected chi connectivity index (χ0v) is 16.2. The number of hydrogen-bond acceptors (Lipinski definition) is 6. The molecule has 0 aliphatic heterocycles. The summed E-state index contributed by atoms with van der Waals surface area (Å²) in [6, 6.07) is 12.3. The van der Waals surface area contributed by atoms with Crippen molar-refractivity contribution in [3.8, 4) is 11.5 Å². The van der Waals surface area contributed by atoms with Crippen LogP contribution < -0.4 is 20.1 Å². The molecule has 4 N–H and O–H groups in total. The van der Waals surface area contributed by atoms with Crippen molar-refractivity contribution in [3.05, 3.63) is 60.2 Å². The Hall–Kier alpha value is -4.34. The van der Waals surface area contributed by atoms with Crippen LogP contribution in [0.25, 0.3) is 11.0 Å². The minimum atomic E-state index is -0.832. The molecule has 0 saturated carbocycles. The Kier molecular flexibility index (Phi) is 4.80. The minimum Gasteiger partial charge on any atom is -0.497 e. The number of methoxy groups -OCH3 is 2. The minimum absolute atomic E-state index is 0.0761. The SMILES string of the molecule is COc1ccc(OC)c(N(C(=O)c2[nH]cnc2C(N)=O)c2nc3ccccc3[nH]2)c1. The molecule has 10 nitrogen and oxygen atoms in total. The quantitative estimate of drug-likeness (QED) is 0.449. The number of ether oxygens (including phenoxy) is 2. The predicted molar refractivity (Wildman–Crippen MR) is 109 cm³/mol. The number of carbonyl (C=O) groups excluding carboxylic acids is 2. The number of nitrogens with one attached hydrogen (secondary N) is 2. The summed E-state index contributed by atoms with van der Waals surface area (Å²) in [6.07, 6.45) is 1.23. The van der Waals surface area contributed by atoms with Gasteiger partial charge in [-0.1, -0.05) is 12.1 Å². The van der Waals surface area contributed by atoms with E-state index < -0.39 is 11.8 Å². The number of primary amides is 1. The number of imidazole rings is 2. The summed E-state index contributed by atoms with van der Waals surface area (Å²) in [5.74, 6) is -0.323. The van der Waals surface area contributed by atoms with Gasteiger partial charge in [-0.3, -0.25) is 9.59 Å². The van der Waals surface area contributed by atoms with Crippen molar-refractivity contribution in [2.24, 2.45) is 5.73 Å². The number of H-pyrrole nitrogens is 2. The summed E-state index contributed by atoms with van der Waals surface area (Å²) in [4.78, 5) is 40.8. The van der Waals surface area contributed by atoms with E-state index in [-0.39, 0.29) is 17.3 Å². The lowest BCUT2D eigenvalue weighted by atomic mass is 10.2. The van der Waals surface area contributed by atoms with E-state index in [1.54, 1.807) is 18.2 Å². The maximum absolute atomic E-state index is 13.6. The summed E-state index contributed by atoms with van der Waals surface area (Å²) in [5.41, 5.74) is 6.86. The van der Waals surface area contributed by atoms with E-state index in [1.807, 2.05) is 24.3 Å². The van der Waals surface area contributed by atoms with Gasteiger partial charge in [0, 0.05) is 6.07 Å². The third kappa shape index (κ3) is 3.20. The standard InChI is InChI=1S/C20H18N6O4/c1-29-11-7-8-15(30-2)14(9-11)26(19(28)17-16(18(21)27)22-10-23-17)20-24-12-5-3-4-6-13(12)25-20/h3-10H,1-2H3,(H2,21,27)(H,22,23)(H,24,25). The molecule has 0 aliphatic rings. The third-order valence-electron chi connectivity index (χ3n) is 4.51. The van der Waals surface area contributed by atoms with E-state index in [9.17, 15) is 9.59 Å². The molecule has 2 aromatic carbocycles. The van der Waals surface area contributed by atoms with Crippen molar-refractivity contribution in [1.82, 2.24) is 19.9 Å². The highest BCUT2D eigenvalue weighted by Gasteiger charge is 2.30. The smallest absolute Gasteiger partial charge is 0.284 e. The van der Waals surface area contributed by atoms with Gasteiger partial charge in [0.2, 0.25) is 5.95 Å². The summed E-state index contributed by atoms with van der Waals surface area (Å²) < 4.78 is 10.8. The molecule has 0 atom stereocenters. The molecule has 0 aliphatic carbocycles. The molecule has 0 bridgehead atoms. The lowest BCUT2D eigenvalue weighted by molar-refractivity contribution is 0.0961. The first-order valence-electron chi connectivity index (χ1n) is 8.88. The molecule has 152 valence electrons. The molecule has 10 heteroatoms. The summed E-state index contributed by atoms with van der Waals surface area (Å²) in [7, 11) is 3.00. The topological polar surface area (TPSA) is 139 Å². The highest BCUT2D eigenvalue weighted by Crippen LogP contribution is 2.37. The van der Waals surface area contributed by atoms with Gasteiger partial charge in [0.15, 0.2) is 5.69 Å². The number of benzene rings is 2. The number of aromatic nitrogens is 4. The lowest BCUT2D eigenvalue weighted by Gasteiger charge is -2.22. The Bertz CT molecular complexity index is 1210. The Morgan fingerprint density at radius 1 is 1.10 bits per heavy atom. The van der Waals surface area contributed by atoms with Gasteiger partial charge < -0.3 is 25.2 Å². The first-order chi connectivity index (χ1) is 14.5. The van der Waals surface area contributed by atoms with E-state index in [1.165, 1.54) is 25.4 Å². The van der Waals surface area contributed by atoms with Crippen molar-refractivity contribution in [2.75, 3.05) is 19.1 Å². The summed E-state index contributed by atoms with van der Waals surface area (Å²) in [5, 5.41) is 0. The van der Waals surface area contributed by atoms with Crippen LogP contribution in [-0.2, 0) is 0 Å². The molecule has 2 heterocycles. The van der Waals surface area contributed by atoms with Gasteiger partial charge >= 0.3 is 0 Å². The van der Waals surface area contributed by atoms with Crippen LogP contribution >= 0.6 is 0 Å². The number of nitrogens with two attached hydrogens (primary N) is 1. The maximum atomic E-state index is 13.6. The maximum Gasteiger partial charge on any atom is 0.284 e. The molecule has 0 unspecified atom stereocenters. The Labute approximate surface area is 170 Å². The fourth-order valence-corrected chi connectivity index (χ4v) is 3.09. The van der Waals surface area contributed by atoms with Crippen LogP contribution in [0.5, 0.6) is 11.5 Å². The third-order valence-corrected chi connectivity index (χ3v) is 4.51. The average Bonchev–Trinajstić information content (AvgIpc) is 3.41. The monoisotopic (exact) mass is 406 g/mol. The van der Waals surface area contributed by atoms with Crippen molar-refractivity contribution in [2.45, 2.75) is 0 Å². The largest absolute Gasteiger partial charge is 0.497 e. The molecule has 0 saturated heterocycles. The molecule has 2 aromatic heterocycles. The number of nitrogens with zero attached hydrogens (tertiary/aromatic N) is 3. The van der Waals surface area contributed by atoms with Crippen molar-refractivity contribution < 1.29 is 19.1 Å². The Morgan fingerprint density at radius 2 is 1.90 bits per heavy atom. The molecule has 0 fully saturated rings. The van der Waals surface area contributed by atoms with E-state index in [2.05, 4.69) is 19.9 Å². The fraction of sp³-hybridized carbons (Fsp3) is 0.100. The van der Waals surface area contributed by atoms with Crippen LogP contribution in [-0.4, -0.2) is 46.0 Å². The van der Waals surface area contributed by atoms with E-state index in [0.29, 0.717) is 22.7 Å². The number of hydrogen-bond donors (Lipinski definition) is 3.